The van der Waals surface area contributed by atoms with Gasteiger partial charge in [0.05, 0.1) is 18.7 Å². The molecular weight excluding hydrogens is 492 g/mol. The van der Waals surface area contributed by atoms with E-state index >= 15 is 0 Å². The summed E-state index contributed by atoms with van der Waals surface area (Å²) < 4.78 is 37.9. The molecule has 0 aliphatic carbocycles. The number of piperidine rings is 1. The number of hydrogen-bond acceptors (Lipinski definition) is 7. The molecule has 198 valence electrons. The van der Waals surface area contributed by atoms with Gasteiger partial charge in [0, 0.05) is 38.6 Å². The zero-order valence-electron chi connectivity index (χ0n) is 20.8. The largest absolute Gasteiger partial charge is 0.474 e. The van der Waals surface area contributed by atoms with Gasteiger partial charge in [0.15, 0.2) is 0 Å². The first-order valence-electron chi connectivity index (χ1n) is 12.5. The Kier molecular flexibility index (Phi) is 7.50. The first-order chi connectivity index (χ1) is 18.4. The summed E-state index contributed by atoms with van der Waals surface area (Å²) in [5.41, 5.74) is 7.62. The predicted octanol–water partition coefficient (Wildman–Crippen LogP) is 4.40. The van der Waals surface area contributed by atoms with Gasteiger partial charge in [-0.1, -0.05) is 36.4 Å². The number of ether oxygens (including phenoxy) is 2. The van der Waals surface area contributed by atoms with E-state index in [-0.39, 0.29) is 25.1 Å². The second-order valence-electron chi connectivity index (χ2n) is 9.45. The Morgan fingerprint density at radius 1 is 1.03 bits per heavy atom. The van der Waals surface area contributed by atoms with E-state index < -0.39 is 5.92 Å². The number of halogens is 2. The highest BCUT2D eigenvalue weighted by Crippen LogP contribution is 2.35. The van der Waals surface area contributed by atoms with Crippen molar-refractivity contribution in [1.29, 1.82) is 0 Å². The van der Waals surface area contributed by atoms with Gasteiger partial charge < -0.3 is 20.1 Å². The van der Waals surface area contributed by atoms with E-state index in [0.29, 0.717) is 55.5 Å². The van der Waals surface area contributed by atoms with Crippen molar-refractivity contribution in [3.05, 3.63) is 73.1 Å². The van der Waals surface area contributed by atoms with Gasteiger partial charge in [-0.3, -0.25) is 9.69 Å². The van der Waals surface area contributed by atoms with Crippen LogP contribution in [0, 0.1) is 0 Å². The minimum atomic E-state index is -2.60. The first kappa shape index (κ1) is 25.6. The standard InChI is InChI=1S/C28H29F2N5O3/c29-28(30)17-34(18-28)14-4-7-24(36)35-15-12-23(13-16-35)38-27-25(26(31)32-19-33-27)20-8-10-22(11-9-20)37-21-5-2-1-3-6-21/h1-11,19,23H,12-18H2,(H2,31,32,33)/b7-4+. The number of hydrogen-bond donors (Lipinski definition) is 1. The van der Waals surface area contributed by atoms with E-state index in [9.17, 15) is 13.6 Å². The third kappa shape index (κ3) is 6.25. The number of nitrogens with zero attached hydrogens (tertiary/aromatic N) is 4. The van der Waals surface area contributed by atoms with Crippen LogP contribution >= 0.6 is 0 Å². The topological polar surface area (TPSA) is 93.8 Å². The molecule has 1 amide bonds. The number of anilines is 1. The third-order valence-corrected chi connectivity index (χ3v) is 6.53. The van der Waals surface area contributed by atoms with E-state index in [1.54, 1.807) is 15.9 Å². The minimum absolute atomic E-state index is 0.125. The fourth-order valence-corrected chi connectivity index (χ4v) is 4.55. The zero-order valence-corrected chi connectivity index (χ0v) is 20.8. The lowest BCUT2D eigenvalue weighted by atomic mass is 10.1. The number of amides is 1. The third-order valence-electron chi connectivity index (χ3n) is 6.53. The number of rotatable bonds is 8. The SMILES string of the molecule is Nc1ncnc(OC2CCN(C(=O)/C=C/CN3CC(F)(F)C3)CC2)c1-c1ccc(Oc2ccccc2)cc1. The maximum atomic E-state index is 12.9. The Balaban J connectivity index is 1.17. The van der Waals surface area contributed by atoms with Gasteiger partial charge in [0.1, 0.15) is 29.7 Å². The van der Waals surface area contributed by atoms with E-state index in [2.05, 4.69) is 9.97 Å². The maximum absolute atomic E-state index is 12.9. The maximum Gasteiger partial charge on any atom is 0.272 e. The van der Waals surface area contributed by atoms with Gasteiger partial charge in [-0.15, -0.1) is 0 Å². The molecule has 0 atom stereocenters. The van der Waals surface area contributed by atoms with Gasteiger partial charge in [-0.2, -0.15) is 0 Å². The summed E-state index contributed by atoms with van der Waals surface area (Å²) in [6, 6.07) is 17.0. The summed E-state index contributed by atoms with van der Waals surface area (Å²) in [5, 5.41) is 0. The highest BCUT2D eigenvalue weighted by molar-refractivity contribution is 5.87. The normalized spacial score (nSPS) is 17.8. The number of carbonyl (C=O) groups excluding carboxylic acids is 1. The number of alkyl halides is 2. The number of nitrogen functional groups attached to an aromatic ring is 1. The molecule has 2 N–H and O–H groups in total. The molecule has 1 aromatic heterocycles. The second-order valence-corrected chi connectivity index (χ2v) is 9.45. The van der Waals surface area contributed by atoms with Crippen LogP contribution in [-0.2, 0) is 4.79 Å². The van der Waals surface area contributed by atoms with Crippen LogP contribution < -0.4 is 15.2 Å². The summed E-state index contributed by atoms with van der Waals surface area (Å²) >= 11 is 0. The molecule has 2 aliphatic heterocycles. The molecule has 0 bridgehead atoms. The number of nitrogens with two attached hydrogens (primary N) is 1. The Labute approximate surface area is 219 Å². The Bertz CT molecular complexity index is 1270. The number of benzene rings is 2. The average molecular weight is 522 g/mol. The summed E-state index contributed by atoms with van der Waals surface area (Å²) in [6.07, 6.45) is 5.60. The summed E-state index contributed by atoms with van der Waals surface area (Å²) in [6.45, 7) is 0.886. The van der Waals surface area contributed by atoms with E-state index in [1.807, 2.05) is 54.6 Å². The summed E-state index contributed by atoms with van der Waals surface area (Å²) in [5.74, 6) is -0.594. The molecule has 2 fully saturated rings. The van der Waals surface area contributed by atoms with Crippen LogP contribution in [0.15, 0.2) is 73.1 Å². The lowest BCUT2D eigenvalue weighted by Gasteiger charge is -2.37. The van der Waals surface area contributed by atoms with Crippen molar-refractivity contribution in [2.45, 2.75) is 24.9 Å². The molecule has 0 unspecified atom stereocenters. The molecule has 3 heterocycles. The quantitative estimate of drug-likeness (QED) is 0.439. The van der Waals surface area contributed by atoms with Gasteiger partial charge in [0.2, 0.25) is 11.8 Å². The van der Waals surface area contributed by atoms with E-state index in [4.69, 9.17) is 15.2 Å². The number of carbonyl (C=O) groups is 1. The smallest absolute Gasteiger partial charge is 0.272 e. The van der Waals surface area contributed by atoms with Crippen molar-refractivity contribution in [3.63, 3.8) is 0 Å². The van der Waals surface area contributed by atoms with Crippen molar-refractivity contribution in [1.82, 2.24) is 19.8 Å². The Morgan fingerprint density at radius 2 is 1.71 bits per heavy atom. The van der Waals surface area contributed by atoms with Gasteiger partial charge in [-0.05, 0) is 29.8 Å². The molecule has 0 radical (unpaired) electrons. The second kappa shape index (κ2) is 11.1. The van der Waals surface area contributed by atoms with Crippen LogP contribution in [0.3, 0.4) is 0 Å². The first-order valence-corrected chi connectivity index (χ1v) is 12.5. The van der Waals surface area contributed by atoms with Crippen LogP contribution in [0.4, 0.5) is 14.6 Å². The van der Waals surface area contributed by atoms with Crippen LogP contribution in [0.5, 0.6) is 17.4 Å². The minimum Gasteiger partial charge on any atom is -0.474 e. The van der Waals surface area contributed by atoms with Crippen molar-refractivity contribution >= 4 is 11.7 Å². The van der Waals surface area contributed by atoms with Crippen molar-refractivity contribution in [2.24, 2.45) is 0 Å². The van der Waals surface area contributed by atoms with Crippen LogP contribution in [0.25, 0.3) is 11.1 Å². The lowest BCUT2D eigenvalue weighted by Crippen LogP contribution is -2.55. The predicted molar refractivity (Wildman–Crippen MR) is 139 cm³/mol. The monoisotopic (exact) mass is 521 g/mol. The summed E-state index contributed by atoms with van der Waals surface area (Å²) in [7, 11) is 0. The summed E-state index contributed by atoms with van der Waals surface area (Å²) in [4.78, 5) is 24.3. The fourth-order valence-electron chi connectivity index (χ4n) is 4.55. The van der Waals surface area contributed by atoms with Crippen LogP contribution in [0.1, 0.15) is 12.8 Å². The number of para-hydroxylation sites is 1. The lowest BCUT2D eigenvalue weighted by molar-refractivity contribution is -0.128. The molecule has 2 saturated heterocycles. The molecule has 3 aromatic rings. The van der Waals surface area contributed by atoms with Gasteiger partial charge in [-0.25, -0.2) is 18.7 Å². The fraction of sp³-hybridized carbons (Fsp3) is 0.321. The van der Waals surface area contributed by atoms with Gasteiger partial charge >= 0.3 is 0 Å². The molecule has 5 rings (SSSR count). The van der Waals surface area contributed by atoms with Gasteiger partial charge in [0.25, 0.3) is 5.92 Å². The molecule has 2 aliphatic rings. The number of likely N-dealkylation sites (tertiary alicyclic amines) is 2. The molecular formula is C28H29F2N5O3. The highest BCUT2D eigenvalue weighted by Gasteiger charge is 2.42. The molecule has 10 heteroatoms. The molecule has 38 heavy (non-hydrogen) atoms. The van der Waals surface area contributed by atoms with Crippen LogP contribution in [0.2, 0.25) is 0 Å². The molecule has 0 saturated carbocycles. The van der Waals surface area contributed by atoms with Crippen molar-refractivity contribution in [3.8, 4) is 28.5 Å². The zero-order chi connectivity index (χ0) is 26.5. The Hall–Kier alpha value is -4.05. The van der Waals surface area contributed by atoms with Crippen molar-refractivity contribution in [2.75, 3.05) is 38.5 Å². The van der Waals surface area contributed by atoms with E-state index in [0.717, 1.165) is 11.3 Å². The molecule has 8 nitrogen and oxygen atoms in total. The van der Waals surface area contributed by atoms with E-state index in [1.165, 1.54) is 12.4 Å². The van der Waals surface area contributed by atoms with Crippen LogP contribution in [-0.4, -0.2) is 70.4 Å². The highest BCUT2D eigenvalue weighted by atomic mass is 19.3. The molecule has 0 spiro atoms. The average Bonchev–Trinajstić information content (AvgIpc) is 2.89. The Morgan fingerprint density at radius 3 is 2.39 bits per heavy atom. The molecule has 2 aromatic carbocycles. The number of aromatic nitrogens is 2. The van der Waals surface area contributed by atoms with Crippen molar-refractivity contribution < 1.29 is 23.0 Å².